The van der Waals surface area contributed by atoms with E-state index in [1.807, 2.05) is 45.8 Å². The van der Waals surface area contributed by atoms with Crippen LogP contribution in [0.1, 0.15) is 27.2 Å². The van der Waals surface area contributed by atoms with E-state index in [1.54, 1.807) is 6.20 Å². The first kappa shape index (κ1) is 17.2. The number of hydrogen-bond donors (Lipinski definition) is 2. The lowest BCUT2D eigenvalue weighted by atomic mass is 9.85. The topological polar surface area (TPSA) is 80.5 Å². The molecule has 0 spiro atoms. The van der Waals surface area contributed by atoms with Gasteiger partial charge in [-0.05, 0) is 11.5 Å². The minimum atomic E-state index is -0.219. The Morgan fingerprint density at radius 2 is 2.10 bits per heavy atom. The fourth-order valence-electron chi connectivity index (χ4n) is 1.77. The van der Waals surface area contributed by atoms with E-state index in [-0.39, 0.29) is 23.8 Å². The third-order valence-electron chi connectivity index (χ3n) is 3.35. The molecule has 1 heterocycles. The van der Waals surface area contributed by atoms with Crippen LogP contribution in [-0.2, 0) is 4.79 Å². The second-order valence-electron chi connectivity index (χ2n) is 6.33. The summed E-state index contributed by atoms with van der Waals surface area (Å²) in [5, 5.41) is 2.87. The molecule has 6 nitrogen and oxygen atoms in total. The molecule has 1 unspecified atom stereocenters. The van der Waals surface area contributed by atoms with Crippen molar-refractivity contribution in [3.63, 3.8) is 0 Å². The second kappa shape index (κ2) is 6.76. The highest BCUT2D eigenvalue weighted by molar-refractivity contribution is 5.96. The summed E-state index contributed by atoms with van der Waals surface area (Å²) in [5.74, 6) is 0.241. The standard InChI is InChI=1S/C15H26N4O2/c1-15(2,3)11(16)9-12(20)18-13-10(19(4)5)7-8-17-14(13)21-6/h7-8,11H,9,16H2,1-6H3,(H,18,20). The molecule has 6 heteroatoms. The molecule has 3 N–H and O–H groups in total. The number of anilines is 2. The first-order chi connectivity index (χ1) is 9.66. The van der Waals surface area contributed by atoms with Crippen LogP contribution in [0, 0.1) is 5.41 Å². The van der Waals surface area contributed by atoms with Gasteiger partial charge in [0.1, 0.15) is 5.69 Å². The van der Waals surface area contributed by atoms with Crippen molar-refractivity contribution in [1.29, 1.82) is 0 Å². The molecule has 0 aliphatic heterocycles. The summed E-state index contributed by atoms with van der Waals surface area (Å²) in [6.07, 6.45) is 1.89. The lowest BCUT2D eigenvalue weighted by molar-refractivity contribution is -0.117. The predicted octanol–water partition coefficient (Wildman–Crippen LogP) is 1.86. The number of amides is 1. The summed E-state index contributed by atoms with van der Waals surface area (Å²) in [6.45, 7) is 6.04. The van der Waals surface area contributed by atoms with Crippen LogP contribution in [0.3, 0.4) is 0 Å². The van der Waals surface area contributed by atoms with Gasteiger partial charge in [-0.3, -0.25) is 4.79 Å². The van der Waals surface area contributed by atoms with Gasteiger partial charge < -0.3 is 20.7 Å². The Balaban J connectivity index is 2.94. The van der Waals surface area contributed by atoms with Crippen LogP contribution in [0.25, 0.3) is 0 Å². The maximum Gasteiger partial charge on any atom is 0.239 e. The van der Waals surface area contributed by atoms with E-state index < -0.39 is 0 Å². The van der Waals surface area contributed by atoms with E-state index in [1.165, 1.54) is 7.11 Å². The largest absolute Gasteiger partial charge is 0.479 e. The first-order valence-electron chi connectivity index (χ1n) is 6.92. The van der Waals surface area contributed by atoms with E-state index in [2.05, 4.69) is 10.3 Å². The fraction of sp³-hybridized carbons (Fsp3) is 0.600. The maximum atomic E-state index is 12.2. The summed E-state index contributed by atoms with van der Waals surface area (Å²) in [6, 6.07) is 1.60. The Labute approximate surface area is 126 Å². The third-order valence-corrected chi connectivity index (χ3v) is 3.35. The van der Waals surface area contributed by atoms with Gasteiger partial charge in [0, 0.05) is 32.8 Å². The number of nitrogens with two attached hydrogens (primary N) is 1. The van der Waals surface area contributed by atoms with Crippen LogP contribution in [0.4, 0.5) is 11.4 Å². The molecule has 1 amide bonds. The highest BCUT2D eigenvalue weighted by Crippen LogP contribution is 2.32. The fourth-order valence-corrected chi connectivity index (χ4v) is 1.77. The SMILES string of the molecule is COc1nccc(N(C)C)c1NC(=O)CC(N)C(C)(C)C. The lowest BCUT2D eigenvalue weighted by Gasteiger charge is -2.27. The van der Waals surface area contributed by atoms with Gasteiger partial charge in [-0.2, -0.15) is 0 Å². The number of methoxy groups -OCH3 is 1. The number of carbonyl (C=O) groups is 1. The zero-order valence-electron chi connectivity index (χ0n) is 13.7. The number of aromatic nitrogens is 1. The summed E-state index contributed by atoms with van der Waals surface area (Å²) < 4.78 is 5.23. The third kappa shape index (κ3) is 4.60. The molecule has 0 radical (unpaired) electrons. The quantitative estimate of drug-likeness (QED) is 0.866. The summed E-state index contributed by atoms with van der Waals surface area (Å²) in [5.41, 5.74) is 7.33. The van der Waals surface area contributed by atoms with Crippen molar-refractivity contribution >= 4 is 17.3 Å². The van der Waals surface area contributed by atoms with Gasteiger partial charge >= 0.3 is 0 Å². The number of nitrogens with one attached hydrogen (secondary N) is 1. The van der Waals surface area contributed by atoms with Crippen LogP contribution < -0.4 is 20.7 Å². The number of ether oxygens (including phenoxy) is 1. The molecule has 0 aliphatic carbocycles. The Hall–Kier alpha value is -1.82. The van der Waals surface area contributed by atoms with Crippen molar-refractivity contribution in [3.8, 4) is 5.88 Å². The van der Waals surface area contributed by atoms with Crippen LogP contribution >= 0.6 is 0 Å². The van der Waals surface area contributed by atoms with Crippen LogP contribution in [-0.4, -0.2) is 38.1 Å². The van der Waals surface area contributed by atoms with Gasteiger partial charge in [-0.15, -0.1) is 0 Å². The van der Waals surface area contributed by atoms with Crippen LogP contribution in [0.15, 0.2) is 12.3 Å². The van der Waals surface area contributed by atoms with Gasteiger partial charge in [0.15, 0.2) is 0 Å². The normalized spacial score (nSPS) is 12.7. The molecular weight excluding hydrogens is 268 g/mol. The van der Waals surface area contributed by atoms with Gasteiger partial charge in [0.05, 0.1) is 12.8 Å². The number of pyridine rings is 1. The molecule has 1 aromatic rings. The monoisotopic (exact) mass is 294 g/mol. The van der Waals surface area contributed by atoms with Crippen molar-refractivity contribution in [1.82, 2.24) is 4.98 Å². The van der Waals surface area contributed by atoms with Crippen LogP contribution in [0.5, 0.6) is 5.88 Å². The molecule has 118 valence electrons. The second-order valence-corrected chi connectivity index (χ2v) is 6.33. The first-order valence-corrected chi connectivity index (χ1v) is 6.92. The van der Waals surface area contributed by atoms with E-state index >= 15 is 0 Å². The lowest BCUT2D eigenvalue weighted by Crippen LogP contribution is -2.38. The van der Waals surface area contributed by atoms with E-state index in [9.17, 15) is 4.79 Å². The van der Waals surface area contributed by atoms with Gasteiger partial charge in [0.25, 0.3) is 0 Å². The van der Waals surface area contributed by atoms with Gasteiger partial charge in [-0.25, -0.2) is 4.98 Å². The predicted molar refractivity (Wildman–Crippen MR) is 85.8 cm³/mol. The Bertz CT molecular complexity index is 495. The minimum absolute atomic E-state index is 0.124. The van der Waals surface area contributed by atoms with Crippen molar-refractivity contribution < 1.29 is 9.53 Å². The average Bonchev–Trinajstić information content (AvgIpc) is 2.37. The summed E-state index contributed by atoms with van der Waals surface area (Å²) in [4.78, 5) is 18.2. The molecule has 0 saturated carbocycles. The Morgan fingerprint density at radius 1 is 1.48 bits per heavy atom. The molecule has 1 atom stereocenters. The Morgan fingerprint density at radius 3 is 2.57 bits per heavy atom. The zero-order chi connectivity index (χ0) is 16.2. The molecule has 1 rings (SSSR count). The molecule has 0 aliphatic rings. The van der Waals surface area contributed by atoms with E-state index in [0.717, 1.165) is 5.69 Å². The van der Waals surface area contributed by atoms with Gasteiger partial charge in [-0.1, -0.05) is 20.8 Å². The maximum absolute atomic E-state index is 12.2. The van der Waals surface area contributed by atoms with Crippen molar-refractivity contribution in [3.05, 3.63) is 12.3 Å². The smallest absolute Gasteiger partial charge is 0.239 e. The summed E-state index contributed by atoms with van der Waals surface area (Å²) >= 11 is 0. The molecule has 21 heavy (non-hydrogen) atoms. The molecular formula is C15H26N4O2. The molecule has 0 bridgehead atoms. The number of nitrogens with zero attached hydrogens (tertiary/aromatic N) is 2. The summed E-state index contributed by atoms with van der Waals surface area (Å²) in [7, 11) is 5.31. The van der Waals surface area contributed by atoms with Crippen molar-refractivity contribution in [2.24, 2.45) is 11.1 Å². The molecule has 1 aromatic heterocycles. The molecule has 0 fully saturated rings. The number of hydrogen-bond acceptors (Lipinski definition) is 5. The molecule has 0 saturated heterocycles. The van der Waals surface area contributed by atoms with Crippen molar-refractivity contribution in [2.75, 3.05) is 31.4 Å². The highest BCUT2D eigenvalue weighted by atomic mass is 16.5. The van der Waals surface area contributed by atoms with Crippen molar-refractivity contribution in [2.45, 2.75) is 33.2 Å². The zero-order valence-corrected chi connectivity index (χ0v) is 13.7. The molecule has 0 aromatic carbocycles. The van der Waals surface area contributed by atoms with Crippen LogP contribution in [0.2, 0.25) is 0 Å². The van der Waals surface area contributed by atoms with E-state index in [0.29, 0.717) is 11.6 Å². The highest BCUT2D eigenvalue weighted by Gasteiger charge is 2.24. The number of carbonyl (C=O) groups excluding carboxylic acids is 1. The average molecular weight is 294 g/mol. The number of rotatable bonds is 5. The van der Waals surface area contributed by atoms with E-state index in [4.69, 9.17) is 10.5 Å². The minimum Gasteiger partial charge on any atom is -0.479 e. The van der Waals surface area contributed by atoms with Gasteiger partial charge in [0.2, 0.25) is 11.8 Å². The Kier molecular flexibility index (Phi) is 5.54.